The van der Waals surface area contributed by atoms with Crippen LogP contribution in [0.5, 0.6) is 0 Å². The number of carbonyl (C=O) groups excluding carboxylic acids is 2. The Morgan fingerprint density at radius 3 is 2.74 bits per heavy atom. The number of pyridine rings is 1. The van der Waals surface area contributed by atoms with E-state index < -0.39 is 11.9 Å². The van der Waals surface area contributed by atoms with Crippen molar-refractivity contribution >= 4 is 17.8 Å². The number of aromatic nitrogens is 1. The van der Waals surface area contributed by atoms with Crippen molar-refractivity contribution < 1.29 is 14.8 Å². The number of amides is 3. The zero-order valence-corrected chi connectivity index (χ0v) is 10.6. The summed E-state index contributed by atoms with van der Waals surface area (Å²) in [5.74, 6) is -0.173. The third kappa shape index (κ3) is 5.21. The molecule has 1 heterocycles. The maximum absolute atomic E-state index is 11.4. The van der Waals surface area contributed by atoms with Gasteiger partial charge in [-0.3, -0.25) is 10.0 Å². The quantitative estimate of drug-likeness (QED) is 0.431. The summed E-state index contributed by atoms with van der Waals surface area (Å²) in [6.45, 7) is 1.78. The average Bonchev–Trinajstić information content (AvgIpc) is 2.43. The lowest BCUT2D eigenvalue weighted by Crippen LogP contribution is -2.42. The van der Waals surface area contributed by atoms with Gasteiger partial charge in [0.2, 0.25) is 0 Å². The monoisotopic (exact) mass is 267 g/mol. The van der Waals surface area contributed by atoms with Gasteiger partial charge in [-0.2, -0.15) is 0 Å². The van der Waals surface area contributed by atoms with E-state index in [9.17, 15) is 9.59 Å². The van der Waals surface area contributed by atoms with Gasteiger partial charge in [0.15, 0.2) is 0 Å². The number of nitrogens with one attached hydrogen (secondary N) is 2. The second-order valence-corrected chi connectivity index (χ2v) is 3.74. The molecule has 0 aliphatic rings. The number of hydrogen-bond acceptors (Lipinski definition) is 5. The summed E-state index contributed by atoms with van der Waals surface area (Å²) in [6, 6.07) is 2.86. The molecule has 0 aliphatic carbocycles. The lowest BCUT2D eigenvalue weighted by molar-refractivity contribution is -0.162. The van der Waals surface area contributed by atoms with E-state index in [0.29, 0.717) is 10.9 Å². The topological polar surface area (TPSA) is 121 Å². The molecule has 0 atom stereocenters. The highest BCUT2D eigenvalue weighted by atomic mass is 16.5. The van der Waals surface area contributed by atoms with Gasteiger partial charge in [-0.05, 0) is 18.6 Å². The van der Waals surface area contributed by atoms with Crippen molar-refractivity contribution in [2.45, 2.75) is 13.5 Å². The van der Waals surface area contributed by atoms with Crippen LogP contribution in [0.3, 0.4) is 0 Å². The number of carbonyl (C=O) groups is 2. The van der Waals surface area contributed by atoms with Gasteiger partial charge in [0.1, 0.15) is 12.4 Å². The molecular formula is C11H17N5O3. The first-order valence-electron chi connectivity index (χ1n) is 5.74. The fourth-order valence-electron chi connectivity index (χ4n) is 1.21. The summed E-state index contributed by atoms with van der Waals surface area (Å²) >= 11 is 0. The van der Waals surface area contributed by atoms with Crippen molar-refractivity contribution in [3.05, 3.63) is 23.9 Å². The smallest absolute Gasteiger partial charge is 0.315 e. The Balaban J connectivity index is 2.28. The van der Waals surface area contributed by atoms with Gasteiger partial charge in [-0.25, -0.2) is 14.8 Å². The molecule has 8 nitrogen and oxygen atoms in total. The molecule has 0 radical (unpaired) electrons. The summed E-state index contributed by atoms with van der Waals surface area (Å²) in [7, 11) is 0. The Morgan fingerprint density at radius 2 is 2.16 bits per heavy atom. The molecule has 3 amide bonds. The Bertz CT molecular complexity index is 434. The molecule has 0 unspecified atom stereocenters. The van der Waals surface area contributed by atoms with Crippen LogP contribution in [0.1, 0.15) is 12.5 Å². The molecule has 0 saturated carbocycles. The summed E-state index contributed by atoms with van der Waals surface area (Å²) in [4.78, 5) is 26.5. The molecule has 1 rings (SSSR count). The Morgan fingerprint density at radius 1 is 1.42 bits per heavy atom. The number of likely N-dealkylation sites (N-methyl/N-ethyl adjacent to an activating group) is 1. The van der Waals surface area contributed by atoms with Crippen molar-refractivity contribution in [2.24, 2.45) is 0 Å². The first kappa shape index (κ1) is 14.7. The average molecular weight is 267 g/mol. The lowest BCUT2D eigenvalue weighted by atomic mass is 10.3. The minimum absolute atomic E-state index is 0.166. The van der Waals surface area contributed by atoms with Crippen molar-refractivity contribution in [1.29, 1.82) is 0 Å². The van der Waals surface area contributed by atoms with E-state index in [-0.39, 0.29) is 19.6 Å². The normalized spacial score (nSPS) is 9.79. The van der Waals surface area contributed by atoms with Crippen LogP contribution >= 0.6 is 0 Å². The van der Waals surface area contributed by atoms with Crippen LogP contribution in [0.15, 0.2) is 18.3 Å². The zero-order valence-electron chi connectivity index (χ0n) is 10.6. The number of anilines is 1. The van der Waals surface area contributed by atoms with Crippen LogP contribution in [-0.2, 0) is 11.3 Å². The number of rotatable bonds is 5. The van der Waals surface area contributed by atoms with Crippen LogP contribution in [0.4, 0.5) is 10.6 Å². The fraction of sp³-hybridized carbons (Fsp3) is 0.364. The molecule has 8 heteroatoms. The minimum Gasteiger partial charge on any atom is -0.384 e. The second kappa shape index (κ2) is 7.17. The summed E-state index contributed by atoms with van der Waals surface area (Å²) in [5.41, 5.74) is 6.21. The molecule has 0 fully saturated rings. The van der Waals surface area contributed by atoms with Crippen molar-refractivity contribution in [1.82, 2.24) is 20.7 Å². The van der Waals surface area contributed by atoms with Crippen molar-refractivity contribution in [2.75, 3.05) is 18.8 Å². The third-order valence-electron chi connectivity index (χ3n) is 2.29. The Labute approximate surface area is 110 Å². The van der Waals surface area contributed by atoms with Gasteiger partial charge in [0, 0.05) is 19.3 Å². The highest BCUT2D eigenvalue weighted by Crippen LogP contribution is 2.00. The largest absolute Gasteiger partial charge is 0.384 e. The van der Waals surface area contributed by atoms with Gasteiger partial charge in [0.25, 0.3) is 5.91 Å². The van der Waals surface area contributed by atoms with Gasteiger partial charge >= 0.3 is 6.03 Å². The Kier molecular flexibility index (Phi) is 5.55. The number of nitrogens with two attached hydrogens (primary N) is 1. The van der Waals surface area contributed by atoms with Crippen molar-refractivity contribution in [3.63, 3.8) is 0 Å². The summed E-state index contributed by atoms with van der Waals surface area (Å²) in [6.07, 6.45) is 1.55. The lowest BCUT2D eigenvalue weighted by Gasteiger charge is -2.13. The number of nitrogens with zero attached hydrogens (tertiary/aromatic N) is 2. The molecule has 0 bridgehead atoms. The van der Waals surface area contributed by atoms with Crippen LogP contribution in [-0.4, -0.2) is 40.3 Å². The summed E-state index contributed by atoms with van der Waals surface area (Å²) < 4.78 is 0. The summed E-state index contributed by atoms with van der Waals surface area (Å²) in [5, 5.41) is 14.5. The maximum atomic E-state index is 11.4. The molecule has 0 spiro atoms. The molecule has 0 aliphatic heterocycles. The first-order valence-corrected chi connectivity index (χ1v) is 5.74. The van der Waals surface area contributed by atoms with E-state index in [0.717, 1.165) is 5.56 Å². The predicted molar refractivity (Wildman–Crippen MR) is 68.1 cm³/mol. The highest BCUT2D eigenvalue weighted by molar-refractivity contribution is 5.83. The highest BCUT2D eigenvalue weighted by Gasteiger charge is 2.09. The molecule has 104 valence electrons. The van der Waals surface area contributed by atoms with Gasteiger partial charge in [0.05, 0.1) is 0 Å². The molecule has 0 saturated heterocycles. The van der Waals surface area contributed by atoms with E-state index >= 15 is 0 Å². The first-order chi connectivity index (χ1) is 9.02. The standard InChI is InChI=1S/C11H17N5O3/c1-2-16(19)10(17)7-15-11(18)14-6-8-3-4-9(12)13-5-8/h3-5,19H,2,6-7H2,1H3,(H2,12,13)(H2,14,15,18). The van der Waals surface area contributed by atoms with Crippen LogP contribution < -0.4 is 16.4 Å². The molecule has 0 aromatic carbocycles. The SMILES string of the molecule is CCN(O)C(=O)CNC(=O)NCc1ccc(N)nc1. The van der Waals surface area contributed by atoms with Gasteiger partial charge < -0.3 is 16.4 Å². The maximum Gasteiger partial charge on any atom is 0.315 e. The van der Waals surface area contributed by atoms with E-state index in [1.54, 1.807) is 25.3 Å². The number of urea groups is 1. The molecule has 1 aromatic heterocycles. The van der Waals surface area contributed by atoms with Gasteiger partial charge in [-0.15, -0.1) is 0 Å². The van der Waals surface area contributed by atoms with E-state index in [1.807, 2.05) is 0 Å². The number of nitrogen functional groups attached to an aromatic ring is 1. The molecular weight excluding hydrogens is 250 g/mol. The van der Waals surface area contributed by atoms with Crippen molar-refractivity contribution in [3.8, 4) is 0 Å². The van der Waals surface area contributed by atoms with Crippen LogP contribution in [0.2, 0.25) is 0 Å². The van der Waals surface area contributed by atoms with E-state index in [2.05, 4.69) is 15.6 Å². The molecule has 5 N–H and O–H groups in total. The van der Waals surface area contributed by atoms with E-state index in [1.165, 1.54) is 0 Å². The third-order valence-corrected chi connectivity index (χ3v) is 2.29. The van der Waals surface area contributed by atoms with E-state index in [4.69, 9.17) is 10.9 Å². The van der Waals surface area contributed by atoms with Crippen LogP contribution in [0.25, 0.3) is 0 Å². The number of hydrogen-bond donors (Lipinski definition) is 4. The van der Waals surface area contributed by atoms with Crippen LogP contribution in [0, 0.1) is 0 Å². The fourth-order valence-corrected chi connectivity index (χ4v) is 1.21. The Hall–Kier alpha value is -2.35. The second-order valence-electron chi connectivity index (χ2n) is 3.74. The number of hydroxylamine groups is 2. The predicted octanol–water partition coefficient (Wildman–Crippen LogP) is -0.299. The zero-order chi connectivity index (χ0) is 14.3. The van der Waals surface area contributed by atoms with Gasteiger partial charge in [-0.1, -0.05) is 6.07 Å². The minimum atomic E-state index is -0.577. The molecule has 1 aromatic rings. The molecule has 19 heavy (non-hydrogen) atoms.